The van der Waals surface area contributed by atoms with E-state index in [-0.39, 0.29) is 44.5 Å². The average Bonchev–Trinajstić information content (AvgIpc) is 2.95. The Morgan fingerprint density at radius 1 is 1.07 bits per heavy atom. The Balaban J connectivity index is 1.58. The molecule has 1 N–H and O–H groups in total. The van der Waals surface area contributed by atoms with Crippen molar-refractivity contribution < 1.29 is 27.6 Å². The lowest BCUT2D eigenvalue weighted by atomic mass is 10.00. The molecule has 4 rings (SSSR count). The van der Waals surface area contributed by atoms with Gasteiger partial charge in [-0.15, -0.1) is 6.42 Å². The quantitative estimate of drug-likeness (QED) is 0.466. The Hall–Kier alpha value is -4.04. The van der Waals surface area contributed by atoms with Crippen LogP contribution in [-0.2, 0) is 28.7 Å². The smallest absolute Gasteiger partial charge is 0.337 e. The van der Waals surface area contributed by atoms with Gasteiger partial charge in [-0.25, -0.2) is 9.80 Å². The molecule has 0 unspecified atom stereocenters. The number of carbonyl (C=O) groups excluding carboxylic acids is 3. The number of urea groups is 1. The molecule has 0 spiro atoms. The molecular formula is C30H34F3N5O3. The summed E-state index contributed by atoms with van der Waals surface area (Å²) in [5.41, 5.74) is 0.800. The summed E-state index contributed by atoms with van der Waals surface area (Å²) in [6.45, 7) is 2.41. The van der Waals surface area contributed by atoms with E-state index in [0.29, 0.717) is 24.8 Å². The van der Waals surface area contributed by atoms with Gasteiger partial charge in [0.25, 0.3) is 0 Å². The number of nitrogens with one attached hydrogen (secondary N) is 1. The van der Waals surface area contributed by atoms with E-state index in [2.05, 4.69) is 11.2 Å². The van der Waals surface area contributed by atoms with Crippen molar-refractivity contribution in [1.82, 2.24) is 25.1 Å². The lowest BCUT2D eigenvalue weighted by Gasteiger charge is -2.55. The summed E-state index contributed by atoms with van der Waals surface area (Å²) >= 11 is 0. The van der Waals surface area contributed by atoms with Crippen LogP contribution in [0.5, 0.6) is 0 Å². The topological polar surface area (TPSA) is 76.2 Å². The van der Waals surface area contributed by atoms with Gasteiger partial charge < -0.3 is 15.1 Å². The van der Waals surface area contributed by atoms with Gasteiger partial charge in [0, 0.05) is 13.1 Å². The standard InChI is InChI=1S/C30H34F3N5O3/c1-3-5-11-25-28(40)35(18-16-22-12-14-24(15-13-22)30(31,32)33)20-26-37(25)27(39)21-36(17-4-2)38(26)29(41)34-19-23-9-7-6-8-10-23/h2,6-10,12-15,25-26H,3,5,11,16-21H2,1H3,(H,34,41)/t25-,26-/m0/s1. The molecule has 41 heavy (non-hydrogen) atoms. The molecule has 218 valence electrons. The molecule has 2 heterocycles. The molecule has 2 aromatic carbocycles. The third-order valence-corrected chi connectivity index (χ3v) is 7.38. The SMILES string of the molecule is C#CCN1CC(=O)N2[C@@H](CCCC)C(=O)N(CCc3ccc(C(F)(F)F)cc3)C[C@@H]2N1C(=O)NCc1ccccc1. The first-order chi connectivity index (χ1) is 19.6. The van der Waals surface area contributed by atoms with E-state index in [1.807, 2.05) is 37.3 Å². The highest BCUT2D eigenvalue weighted by molar-refractivity contribution is 5.91. The molecule has 0 aromatic heterocycles. The number of hydrazine groups is 1. The van der Waals surface area contributed by atoms with E-state index in [9.17, 15) is 27.6 Å². The number of nitrogens with zero attached hydrogens (tertiary/aromatic N) is 4. The molecule has 2 aliphatic heterocycles. The first-order valence-electron chi connectivity index (χ1n) is 13.7. The summed E-state index contributed by atoms with van der Waals surface area (Å²) in [4.78, 5) is 43.7. The highest BCUT2D eigenvalue weighted by atomic mass is 19.4. The normalized spacial score (nSPS) is 19.6. The first-order valence-corrected chi connectivity index (χ1v) is 13.7. The number of alkyl halides is 3. The Bertz CT molecular complexity index is 1260. The number of piperazine rings is 1. The van der Waals surface area contributed by atoms with Crippen LogP contribution in [-0.4, -0.2) is 76.0 Å². The van der Waals surface area contributed by atoms with Gasteiger partial charge in [-0.3, -0.25) is 9.59 Å². The van der Waals surface area contributed by atoms with Crippen LogP contribution in [0.4, 0.5) is 18.0 Å². The largest absolute Gasteiger partial charge is 0.416 e. The maximum atomic E-state index is 13.7. The van der Waals surface area contributed by atoms with E-state index < -0.39 is 30.0 Å². The minimum atomic E-state index is -4.43. The predicted octanol–water partition coefficient (Wildman–Crippen LogP) is 3.88. The Morgan fingerprint density at radius 3 is 2.41 bits per heavy atom. The predicted molar refractivity (Wildman–Crippen MR) is 147 cm³/mol. The van der Waals surface area contributed by atoms with Gasteiger partial charge in [0.1, 0.15) is 12.2 Å². The summed E-state index contributed by atoms with van der Waals surface area (Å²) in [6, 6.07) is 13.0. The van der Waals surface area contributed by atoms with Gasteiger partial charge in [-0.1, -0.05) is 68.2 Å². The average molecular weight is 570 g/mol. The molecule has 0 saturated carbocycles. The number of rotatable bonds is 9. The van der Waals surface area contributed by atoms with E-state index in [4.69, 9.17) is 6.42 Å². The van der Waals surface area contributed by atoms with Gasteiger partial charge in [0.15, 0.2) is 0 Å². The number of carbonyl (C=O) groups is 3. The van der Waals surface area contributed by atoms with Crippen molar-refractivity contribution in [2.24, 2.45) is 0 Å². The molecule has 8 nitrogen and oxygen atoms in total. The van der Waals surface area contributed by atoms with E-state index >= 15 is 0 Å². The maximum absolute atomic E-state index is 13.7. The monoisotopic (exact) mass is 569 g/mol. The fraction of sp³-hybridized carbons (Fsp3) is 0.433. The van der Waals surface area contributed by atoms with Gasteiger partial charge in [0.2, 0.25) is 11.8 Å². The molecule has 2 atom stereocenters. The van der Waals surface area contributed by atoms with Crippen LogP contribution in [0.3, 0.4) is 0 Å². The second-order valence-electron chi connectivity index (χ2n) is 10.2. The van der Waals surface area contributed by atoms with Crippen molar-refractivity contribution in [3.8, 4) is 12.3 Å². The van der Waals surface area contributed by atoms with Crippen molar-refractivity contribution in [3.05, 3.63) is 71.3 Å². The van der Waals surface area contributed by atoms with Crippen molar-refractivity contribution >= 4 is 17.8 Å². The summed E-state index contributed by atoms with van der Waals surface area (Å²) in [6.07, 6.45) is 2.63. The number of hydrogen-bond donors (Lipinski definition) is 1. The number of terminal acetylenes is 1. The Labute approximate surface area is 238 Å². The third-order valence-electron chi connectivity index (χ3n) is 7.38. The lowest BCUT2D eigenvalue weighted by Crippen LogP contribution is -2.76. The molecule has 2 aliphatic rings. The fourth-order valence-electron chi connectivity index (χ4n) is 5.29. The summed E-state index contributed by atoms with van der Waals surface area (Å²) in [5, 5.41) is 5.87. The van der Waals surface area contributed by atoms with Crippen molar-refractivity contribution in [2.45, 2.75) is 57.5 Å². The summed E-state index contributed by atoms with van der Waals surface area (Å²) < 4.78 is 38.9. The minimum absolute atomic E-state index is 0.0218. The number of benzene rings is 2. The van der Waals surface area contributed by atoms with E-state index in [0.717, 1.165) is 24.1 Å². The number of unbranched alkanes of at least 4 members (excludes halogenated alkanes) is 1. The maximum Gasteiger partial charge on any atom is 0.416 e. The highest BCUT2D eigenvalue weighted by Gasteiger charge is 2.50. The molecule has 0 radical (unpaired) electrons. The molecule has 4 amide bonds. The van der Waals surface area contributed by atoms with Crippen LogP contribution < -0.4 is 5.32 Å². The van der Waals surface area contributed by atoms with Crippen LogP contribution in [0.1, 0.15) is 42.9 Å². The van der Waals surface area contributed by atoms with Crippen molar-refractivity contribution in [3.63, 3.8) is 0 Å². The lowest BCUT2D eigenvalue weighted by molar-refractivity contribution is -0.189. The first kappa shape index (κ1) is 29.9. The van der Waals surface area contributed by atoms with Crippen molar-refractivity contribution in [2.75, 3.05) is 26.2 Å². The summed E-state index contributed by atoms with van der Waals surface area (Å²) in [5.74, 6) is 2.00. The Morgan fingerprint density at radius 2 is 1.78 bits per heavy atom. The minimum Gasteiger partial charge on any atom is -0.337 e. The van der Waals surface area contributed by atoms with E-state index in [1.165, 1.54) is 27.1 Å². The van der Waals surface area contributed by atoms with Crippen LogP contribution >= 0.6 is 0 Å². The van der Waals surface area contributed by atoms with Crippen LogP contribution in [0.15, 0.2) is 54.6 Å². The summed E-state index contributed by atoms with van der Waals surface area (Å²) in [7, 11) is 0. The molecule has 2 fully saturated rings. The van der Waals surface area contributed by atoms with Crippen LogP contribution in [0.2, 0.25) is 0 Å². The zero-order valence-corrected chi connectivity index (χ0v) is 22.9. The molecule has 11 heteroatoms. The number of amides is 4. The number of hydrogen-bond acceptors (Lipinski definition) is 4. The second kappa shape index (κ2) is 13.1. The van der Waals surface area contributed by atoms with Crippen molar-refractivity contribution in [1.29, 1.82) is 0 Å². The Kier molecular flexibility index (Phi) is 9.55. The van der Waals surface area contributed by atoms with Gasteiger partial charge in [-0.05, 0) is 36.1 Å². The third kappa shape index (κ3) is 7.00. The highest BCUT2D eigenvalue weighted by Crippen LogP contribution is 2.30. The van der Waals surface area contributed by atoms with E-state index in [1.54, 1.807) is 4.90 Å². The van der Waals surface area contributed by atoms with Gasteiger partial charge in [-0.2, -0.15) is 18.2 Å². The van der Waals surface area contributed by atoms with Gasteiger partial charge >= 0.3 is 12.2 Å². The molecular weight excluding hydrogens is 535 g/mol. The number of fused-ring (bicyclic) bond motifs is 1. The zero-order chi connectivity index (χ0) is 29.6. The zero-order valence-electron chi connectivity index (χ0n) is 22.9. The molecule has 2 saturated heterocycles. The van der Waals surface area contributed by atoms with Gasteiger partial charge in [0.05, 0.1) is 25.2 Å². The fourth-order valence-corrected chi connectivity index (χ4v) is 5.29. The number of halogens is 3. The van der Waals surface area contributed by atoms with Crippen LogP contribution in [0, 0.1) is 12.3 Å². The molecule has 0 aliphatic carbocycles. The van der Waals surface area contributed by atoms with Crippen LogP contribution in [0.25, 0.3) is 0 Å². The molecule has 0 bridgehead atoms. The molecule has 2 aromatic rings. The second-order valence-corrected chi connectivity index (χ2v) is 10.2.